The summed E-state index contributed by atoms with van der Waals surface area (Å²) in [5, 5.41) is 4.93. The maximum atomic E-state index is 11.8. The number of aromatic nitrogens is 3. The lowest BCUT2D eigenvalue weighted by atomic mass is 10.1. The molecule has 3 heterocycles. The number of fused-ring (bicyclic) bond motifs is 1. The highest BCUT2D eigenvalue weighted by atomic mass is 32.1. The van der Waals surface area contributed by atoms with Crippen molar-refractivity contribution in [2.45, 2.75) is 6.92 Å². The number of hydrogen-bond donors (Lipinski definition) is 2. The van der Waals surface area contributed by atoms with Crippen molar-refractivity contribution in [3.8, 4) is 21.7 Å². The number of nitrogens with zero attached hydrogens (tertiary/aromatic N) is 3. The molecule has 0 fully saturated rings. The maximum absolute atomic E-state index is 11.8. The van der Waals surface area contributed by atoms with Gasteiger partial charge in [0.25, 0.3) is 0 Å². The minimum absolute atomic E-state index is 0.153. The van der Waals surface area contributed by atoms with Gasteiger partial charge in [0.1, 0.15) is 5.65 Å². The lowest BCUT2D eigenvalue weighted by Gasteiger charge is -2.12. The van der Waals surface area contributed by atoms with Gasteiger partial charge in [0, 0.05) is 48.7 Å². The summed E-state index contributed by atoms with van der Waals surface area (Å²) < 4.78 is 0. The predicted octanol–water partition coefficient (Wildman–Crippen LogP) is 4.76. The molecule has 2 amide bonds. The number of aryl methyl sites for hydroxylation is 1. The number of nitrogens with one attached hydrogen (secondary N) is 2. The van der Waals surface area contributed by atoms with E-state index < -0.39 is 0 Å². The molecule has 4 aromatic rings. The van der Waals surface area contributed by atoms with Crippen molar-refractivity contribution in [1.82, 2.24) is 19.9 Å². The van der Waals surface area contributed by atoms with E-state index in [0.29, 0.717) is 0 Å². The van der Waals surface area contributed by atoms with E-state index in [1.807, 2.05) is 55.7 Å². The molecule has 27 heavy (non-hydrogen) atoms. The van der Waals surface area contributed by atoms with E-state index in [2.05, 4.69) is 15.3 Å². The van der Waals surface area contributed by atoms with Crippen LogP contribution in [0.1, 0.15) is 5.01 Å². The highest BCUT2D eigenvalue weighted by Gasteiger charge is 2.16. The highest BCUT2D eigenvalue weighted by Crippen LogP contribution is 2.39. The first-order valence-electron chi connectivity index (χ1n) is 8.51. The number of thiazole rings is 1. The molecule has 3 aromatic heterocycles. The number of urea groups is 1. The molecule has 0 spiro atoms. The SMILES string of the molecule is Cc1nc(-c2ccc(NC(=O)N(C)C)cc2)c(-c2ccnc3[nH]ccc23)s1. The normalized spacial score (nSPS) is 10.9. The Balaban J connectivity index is 1.73. The Morgan fingerprint density at radius 1 is 1.15 bits per heavy atom. The quantitative estimate of drug-likeness (QED) is 0.541. The molecule has 0 saturated heterocycles. The number of aromatic amines is 1. The third-order valence-corrected chi connectivity index (χ3v) is 5.26. The Kier molecular flexibility index (Phi) is 4.37. The zero-order valence-corrected chi connectivity index (χ0v) is 16.1. The van der Waals surface area contributed by atoms with Crippen LogP contribution in [0.5, 0.6) is 0 Å². The van der Waals surface area contributed by atoms with Gasteiger partial charge >= 0.3 is 6.03 Å². The summed E-state index contributed by atoms with van der Waals surface area (Å²) in [6, 6.07) is 11.7. The van der Waals surface area contributed by atoms with Crippen LogP contribution in [0.4, 0.5) is 10.5 Å². The number of amides is 2. The van der Waals surface area contributed by atoms with Gasteiger partial charge in [0.05, 0.1) is 15.6 Å². The first kappa shape index (κ1) is 17.2. The number of rotatable bonds is 3. The van der Waals surface area contributed by atoms with E-state index >= 15 is 0 Å². The van der Waals surface area contributed by atoms with E-state index in [1.165, 1.54) is 4.90 Å². The van der Waals surface area contributed by atoms with Gasteiger partial charge in [-0.1, -0.05) is 12.1 Å². The van der Waals surface area contributed by atoms with Crippen LogP contribution in [0.15, 0.2) is 48.8 Å². The predicted molar refractivity (Wildman–Crippen MR) is 110 cm³/mol. The minimum Gasteiger partial charge on any atom is -0.346 e. The fraction of sp³-hybridized carbons (Fsp3) is 0.150. The van der Waals surface area contributed by atoms with Gasteiger partial charge in [0.2, 0.25) is 0 Å². The monoisotopic (exact) mass is 377 g/mol. The fourth-order valence-corrected chi connectivity index (χ4v) is 3.89. The second-order valence-electron chi connectivity index (χ2n) is 6.41. The molecular formula is C20H19N5OS. The first-order chi connectivity index (χ1) is 13.0. The van der Waals surface area contributed by atoms with Crippen molar-refractivity contribution in [2.75, 3.05) is 19.4 Å². The summed E-state index contributed by atoms with van der Waals surface area (Å²) in [6.07, 6.45) is 3.71. The number of carbonyl (C=O) groups excluding carboxylic acids is 1. The van der Waals surface area contributed by atoms with Crippen LogP contribution in [-0.2, 0) is 0 Å². The molecule has 7 heteroatoms. The van der Waals surface area contributed by atoms with Crippen molar-refractivity contribution >= 4 is 34.1 Å². The van der Waals surface area contributed by atoms with Gasteiger partial charge in [-0.2, -0.15) is 0 Å². The van der Waals surface area contributed by atoms with E-state index in [0.717, 1.165) is 43.4 Å². The standard InChI is InChI=1S/C20H19N5OS/c1-12-23-17(13-4-6-14(7-5-13)24-20(26)25(2)3)18(27-12)15-8-10-21-19-16(15)9-11-22-19/h4-11H,1-3H3,(H,21,22)(H,24,26). The second kappa shape index (κ2) is 6.85. The van der Waals surface area contributed by atoms with Crippen LogP contribution in [0.25, 0.3) is 32.7 Å². The average Bonchev–Trinajstić information content (AvgIpc) is 3.28. The Labute approximate surface area is 160 Å². The largest absolute Gasteiger partial charge is 0.346 e. The number of carbonyl (C=O) groups is 1. The number of benzene rings is 1. The molecular weight excluding hydrogens is 358 g/mol. The summed E-state index contributed by atoms with van der Waals surface area (Å²) in [5.74, 6) is 0. The van der Waals surface area contributed by atoms with Gasteiger partial charge in [0.15, 0.2) is 0 Å². The van der Waals surface area contributed by atoms with E-state index in [1.54, 1.807) is 25.4 Å². The molecule has 2 N–H and O–H groups in total. The van der Waals surface area contributed by atoms with Gasteiger partial charge in [-0.25, -0.2) is 14.8 Å². The van der Waals surface area contributed by atoms with Crippen molar-refractivity contribution in [1.29, 1.82) is 0 Å². The molecule has 0 aliphatic rings. The van der Waals surface area contributed by atoms with Gasteiger partial charge in [-0.15, -0.1) is 11.3 Å². The van der Waals surface area contributed by atoms with Crippen molar-refractivity contribution < 1.29 is 4.79 Å². The van der Waals surface area contributed by atoms with E-state index in [-0.39, 0.29) is 6.03 Å². The number of hydrogen-bond acceptors (Lipinski definition) is 4. The van der Waals surface area contributed by atoms with Gasteiger partial charge in [-0.3, -0.25) is 0 Å². The zero-order valence-electron chi connectivity index (χ0n) is 15.3. The third kappa shape index (κ3) is 3.29. The van der Waals surface area contributed by atoms with Crippen LogP contribution in [0.2, 0.25) is 0 Å². The van der Waals surface area contributed by atoms with Crippen molar-refractivity contribution in [2.24, 2.45) is 0 Å². The van der Waals surface area contributed by atoms with Crippen LogP contribution in [-0.4, -0.2) is 40.0 Å². The molecule has 0 aliphatic carbocycles. The van der Waals surface area contributed by atoms with Crippen LogP contribution in [0.3, 0.4) is 0 Å². The molecule has 6 nitrogen and oxygen atoms in total. The van der Waals surface area contributed by atoms with Gasteiger partial charge < -0.3 is 15.2 Å². The first-order valence-corrected chi connectivity index (χ1v) is 9.33. The summed E-state index contributed by atoms with van der Waals surface area (Å²) >= 11 is 1.67. The summed E-state index contributed by atoms with van der Waals surface area (Å²) in [7, 11) is 3.43. The second-order valence-corrected chi connectivity index (χ2v) is 7.61. The Hall–Kier alpha value is -3.19. The summed E-state index contributed by atoms with van der Waals surface area (Å²) in [5.41, 5.74) is 4.69. The topological polar surface area (TPSA) is 73.9 Å². The lowest BCUT2D eigenvalue weighted by Crippen LogP contribution is -2.27. The molecule has 0 saturated carbocycles. The van der Waals surface area contributed by atoms with Gasteiger partial charge in [-0.05, 0) is 31.2 Å². The molecule has 1 aromatic carbocycles. The molecule has 0 bridgehead atoms. The zero-order chi connectivity index (χ0) is 19.0. The van der Waals surface area contributed by atoms with Crippen LogP contribution < -0.4 is 5.32 Å². The minimum atomic E-state index is -0.153. The smallest absolute Gasteiger partial charge is 0.321 e. The molecule has 0 aliphatic heterocycles. The number of H-pyrrole nitrogens is 1. The number of pyridine rings is 1. The summed E-state index contributed by atoms with van der Waals surface area (Å²) in [6.45, 7) is 2.01. The lowest BCUT2D eigenvalue weighted by molar-refractivity contribution is 0.230. The third-order valence-electron chi connectivity index (χ3n) is 4.25. The van der Waals surface area contributed by atoms with E-state index in [4.69, 9.17) is 4.98 Å². The van der Waals surface area contributed by atoms with Crippen LogP contribution in [0, 0.1) is 6.92 Å². The molecule has 136 valence electrons. The molecule has 0 unspecified atom stereocenters. The Bertz CT molecular complexity index is 1110. The maximum Gasteiger partial charge on any atom is 0.321 e. The molecule has 0 radical (unpaired) electrons. The van der Waals surface area contributed by atoms with Crippen molar-refractivity contribution in [3.63, 3.8) is 0 Å². The molecule has 4 rings (SSSR count). The molecule has 0 atom stereocenters. The fourth-order valence-electron chi connectivity index (χ4n) is 2.91. The van der Waals surface area contributed by atoms with E-state index in [9.17, 15) is 4.79 Å². The van der Waals surface area contributed by atoms with Crippen molar-refractivity contribution in [3.05, 3.63) is 53.8 Å². The highest BCUT2D eigenvalue weighted by molar-refractivity contribution is 7.15. The number of anilines is 1. The van der Waals surface area contributed by atoms with Crippen LogP contribution >= 0.6 is 11.3 Å². The average molecular weight is 377 g/mol. The summed E-state index contributed by atoms with van der Waals surface area (Å²) in [4.78, 5) is 26.7. The Morgan fingerprint density at radius 3 is 2.67 bits per heavy atom. The Morgan fingerprint density at radius 2 is 1.93 bits per heavy atom.